The summed E-state index contributed by atoms with van der Waals surface area (Å²) in [6.07, 6.45) is 4.11. The molecule has 0 aromatic heterocycles. The summed E-state index contributed by atoms with van der Waals surface area (Å²) in [7, 11) is -2.32. The minimum absolute atomic E-state index is 0.0297. The van der Waals surface area contributed by atoms with Crippen LogP contribution in [0.1, 0.15) is 41.6 Å². The Morgan fingerprint density at radius 1 is 1.06 bits per heavy atom. The van der Waals surface area contributed by atoms with Gasteiger partial charge in [0.1, 0.15) is 18.1 Å². The number of rotatable bonds is 8. The molecular weight excluding hydrogens is 416 g/mol. The Hall–Kier alpha value is -2.58. The van der Waals surface area contributed by atoms with Crippen LogP contribution in [0.5, 0.6) is 11.5 Å². The molecule has 1 fully saturated rings. The van der Waals surface area contributed by atoms with E-state index < -0.39 is 10.0 Å². The molecule has 0 spiro atoms. The lowest BCUT2D eigenvalue weighted by Gasteiger charge is -2.22. The second kappa shape index (κ2) is 10.6. The van der Waals surface area contributed by atoms with Gasteiger partial charge in [-0.05, 0) is 55.7 Å². The standard InChI is InChI=1S/C23H30N2O5S/c1-18-8-7-9-19(16-18)30-15-12-24-31(27,28)20-10-11-22(29-2)21(17-20)23(26)25-13-5-3-4-6-14-25/h7-11,16-17,24H,3-6,12-15H2,1-2H3. The van der Waals surface area contributed by atoms with E-state index in [4.69, 9.17) is 9.47 Å². The maximum absolute atomic E-state index is 13.1. The highest BCUT2D eigenvalue weighted by Crippen LogP contribution is 2.25. The van der Waals surface area contributed by atoms with Crippen molar-refractivity contribution in [2.24, 2.45) is 0 Å². The van der Waals surface area contributed by atoms with E-state index in [0.29, 0.717) is 24.6 Å². The third-order valence-electron chi connectivity index (χ3n) is 5.26. The Kier molecular flexibility index (Phi) is 7.92. The van der Waals surface area contributed by atoms with E-state index in [1.165, 1.54) is 25.3 Å². The summed E-state index contributed by atoms with van der Waals surface area (Å²) in [6, 6.07) is 11.9. The molecule has 0 radical (unpaired) electrons. The van der Waals surface area contributed by atoms with E-state index >= 15 is 0 Å². The van der Waals surface area contributed by atoms with Gasteiger partial charge >= 0.3 is 0 Å². The minimum atomic E-state index is -3.80. The first-order valence-electron chi connectivity index (χ1n) is 10.6. The van der Waals surface area contributed by atoms with Crippen LogP contribution >= 0.6 is 0 Å². The number of carbonyl (C=O) groups is 1. The summed E-state index contributed by atoms with van der Waals surface area (Å²) in [5.74, 6) is 0.864. The van der Waals surface area contributed by atoms with Crippen molar-refractivity contribution in [2.45, 2.75) is 37.5 Å². The molecule has 3 rings (SSSR count). The minimum Gasteiger partial charge on any atom is -0.496 e. The van der Waals surface area contributed by atoms with Gasteiger partial charge in [-0.2, -0.15) is 0 Å². The molecule has 31 heavy (non-hydrogen) atoms. The monoisotopic (exact) mass is 446 g/mol. The fourth-order valence-corrected chi connectivity index (χ4v) is 4.64. The predicted molar refractivity (Wildman–Crippen MR) is 119 cm³/mol. The topological polar surface area (TPSA) is 84.9 Å². The van der Waals surface area contributed by atoms with E-state index in [0.717, 1.165) is 31.2 Å². The molecule has 2 aromatic rings. The molecule has 2 aromatic carbocycles. The van der Waals surface area contributed by atoms with Gasteiger partial charge in [-0.1, -0.05) is 25.0 Å². The number of amides is 1. The van der Waals surface area contributed by atoms with Crippen molar-refractivity contribution < 1.29 is 22.7 Å². The summed E-state index contributed by atoms with van der Waals surface area (Å²) in [5.41, 5.74) is 1.33. The van der Waals surface area contributed by atoms with Gasteiger partial charge in [0.05, 0.1) is 17.6 Å². The molecule has 7 nitrogen and oxygen atoms in total. The lowest BCUT2D eigenvalue weighted by molar-refractivity contribution is 0.0758. The zero-order valence-electron chi connectivity index (χ0n) is 18.1. The highest BCUT2D eigenvalue weighted by molar-refractivity contribution is 7.89. The normalized spacial score (nSPS) is 14.7. The van der Waals surface area contributed by atoms with E-state index in [1.807, 2.05) is 31.2 Å². The van der Waals surface area contributed by atoms with Crippen LogP contribution in [0.25, 0.3) is 0 Å². The first-order chi connectivity index (χ1) is 14.9. The van der Waals surface area contributed by atoms with Crippen molar-refractivity contribution in [3.63, 3.8) is 0 Å². The average Bonchev–Trinajstić information content (AvgIpc) is 3.05. The number of methoxy groups -OCH3 is 1. The van der Waals surface area contributed by atoms with Gasteiger partial charge in [-0.25, -0.2) is 13.1 Å². The number of aryl methyl sites for hydroxylation is 1. The highest BCUT2D eigenvalue weighted by atomic mass is 32.2. The first kappa shape index (κ1) is 23.1. The van der Waals surface area contributed by atoms with Crippen molar-refractivity contribution >= 4 is 15.9 Å². The average molecular weight is 447 g/mol. The zero-order valence-corrected chi connectivity index (χ0v) is 18.9. The van der Waals surface area contributed by atoms with Crippen molar-refractivity contribution in [2.75, 3.05) is 33.4 Å². The molecule has 0 bridgehead atoms. The van der Waals surface area contributed by atoms with Crippen molar-refractivity contribution in [1.29, 1.82) is 0 Å². The van der Waals surface area contributed by atoms with Gasteiger partial charge in [0.2, 0.25) is 10.0 Å². The Morgan fingerprint density at radius 2 is 1.81 bits per heavy atom. The maximum Gasteiger partial charge on any atom is 0.257 e. The van der Waals surface area contributed by atoms with Gasteiger partial charge in [0.25, 0.3) is 5.91 Å². The summed E-state index contributed by atoms with van der Waals surface area (Å²) in [4.78, 5) is 14.9. The molecular formula is C23H30N2O5S. The number of carbonyl (C=O) groups excluding carboxylic acids is 1. The third-order valence-corrected chi connectivity index (χ3v) is 6.72. The second-order valence-corrected chi connectivity index (χ2v) is 9.40. The highest BCUT2D eigenvalue weighted by Gasteiger charge is 2.24. The van der Waals surface area contributed by atoms with Crippen molar-refractivity contribution in [3.05, 3.63) is 53.6 Å². The Bertz CT molecular complexity index is 999. The fraction of sp³-hybridized carbons (Fsp3) is 0.435. The predicted octanol–water partition coefficient (Wildman–Crippen LogP) is 3.38. The van der Waals surface area contributed by atoms with Crippen LogP contribution in [0.4, 0.5) is 0 Å². The van der Waals surface area contributed by atoms with Crippen LogP contribution in [-0.4, -0.2) is 52.6 Å². The van der Waals surface area contributed by atoms with E-state index in [2.05, 4.69) is 4.72 Å². The number of hydrogen-bond donors (Lipinski definition) is 1. The van der Waals surface area contributed by atoms with Crippen LogP contribution < -0.4 is 14.2 Å². The molecule has 1 aliphatic rings. The maximum atomic E-state index is 13.1. The quantitative estimate of drug-likeness (QED) is 0.629. The van der Waals surface area contributed by atoms with Crippen LogP contribution in [0.3, 0.4) is 0 Å². The number of ether oxygens (including phenoxy) is 2. The number of nitrogens with zero attached hydrogens (tertiary/aromatic N) is 1. The number of nitrogens with one attached hydrogen (secondary N) is 1. The van der Waals surface area contributed by atoms with Gasteiger partial charge in [0, 0.05) is 19.6 Å². The van der Waals surface area contributed by atoms with Gasteiger partial charge < -0.3 is 14.4 Å². The summed E-state index contributed by atoms with van der Waals surface area (Å²) in [5, 5.41) is 0. The summed E-state index contributed by atoms with van der Waals surface area (Å²) >= 11 is 0. The summed E-state index contributed by atoms with van der Waals surface area (Å²) in [6.45, 7) is 3.61. The molecule has 0 unspecified atom stereocenters. The molecule has 1 amide bonds. The number of likely N-dealkylation sites (tertiary alicyclic amines) is 1. The number of benzene rings is 2. The van der Waals surface area contributed by atoms with E-state index in [9.17, 15) is 13.2 Å². The van der Waals surface area contributed by atoms with E-state index in [1.54, 1.807) is 4.90 Å². The first-order valence-corrected chi connectivity index (χ1v) is 12.1. The molecule has 1 aliphatic heterocycles. The lowest BCUT2D eigenvalue weighted by atomic mass is 10.1. The molecule has 1 saturated heterocycles. The van der Waals surface area contributed by atoms with Crippen LogP contribution in [0, 0.1) is 6.92 Å². The molecule has 0 atom stereocenters. The van der Waals surface area contributed by atoms with Crippen molar-refractivity contribution in [3.8, 4) is 11.5 Å². The third kappa shape index (κ3) is 6.21. The van der Waals surface area contributed by atoms with Gasteiger partial charge in [0.15, 0.2) is 0 Å². The fourth-order valence-electron chi connectivity index (χ4n) is 3.60. The van der Waals surface area contributed by atoms with Gasteiger partial charge in [-0.3, -0.25) is 4.79 Å². The van der Waals surface area contributed by atoms with Gasteiger partial charge in [-0.15, -0.1) is 0 Å². The Morgan fingerprint density at radius 3 is 2.48 bits per heavy atom. The van der Waals surface area contributed by atoms with Crippen LogP contribution in [0.15, 0.2) is 47.4 Å². The second-order valence-electron chi connectivity index (χ2n) is 7.63. The van der Waals surface area contributed by atoms with E-state index in [-0.39, 0.29) is 29.5 Å². The number of sulfonamides is 1. The molecule has 1 N–H and O–H groups in total. The lowest BCUT2D eigenvalue weighted by Crippen LogP contribution is -2.32. The Balaban J connectivity index is 1.68. The van der Waals surface area contributed by atoms with Crippen molar-refractivity contribution in [1.82, 2.24) is 9.62 Å². The van der Waals surface area contributed by atoms with Crippen LogP contribution in [-0.2, 0) is 10.0 Å². The van der Waals surface area contributed by atoms with Crippen LogP contribution in [0.2, 0.25) is 0 Å². The zero-order chi connectivity index (χ0) is 22.3. The SMILES string of the molecule is COc1ccc(S(=O)(=O)NCCOc2cccc(C)c2)cc1C(=O)N1CCCCCC1. The smallest absolute Gasteiger partial charge is 0.257 e. The molecule has 8 heteroatoms. The summed E-state index contributed by atoms with van der Waals surface area (Å²) < 4.78 is 39.0. The Labute approximate surface area is 184 Å². The molecule has 0 saturated carbocycles. The largest absolute Gasteiger partial charge is 0.496 e. The number of hydrogen-bond acceptors (Lipinski definition) is 5. The molecule has 1 heterocycles. The molecule has 0 aliphatic carbocycles. The molecule has 168 valence electrons.